The number of methoxy groups -OCH3 is 3. The van der Waals surface area contributed by atoms with Gasteiger partial charge in [-0.05, 0) is 43.7 Å². The van der Waals surface area contributed by atoms with Crippen molar-refractivity contribution in [2.45, 2.75) is 25.4 Å². The van der Waals surface area contributed by atoms with Gasteiger partial charge in [0.1, 0.15) is 17.3 Å². The second-order valence-electron chi connectivity index (χ2n) is 6.53. The molecule has 1 aliphatic heterocycles. The summed E-state index contributed by atoms with van der Waals surface area (Å²) < 4.78 is 16.7. The lowest BCUT2D eigenvalue weighted by atomic mass is 10.0. The van der Waals surface area contributed by atoms with Crippen LogP contribution in [0.1, 0.15) is 18.4 Å². The van der Waals surface area contributed by atoms with E-state index in [1.54, 1.807) is 27.4 Å². The first kappa shape index (κ1) is 18.5. The number of hydrogen-bond acceptors (Lipinski definition) is 6. The number of nitrogen functional groups attached to an aromatic ring is 1. The van der Waals surface area contributed by atoms with E-state index in [0.717, 1.165) is 48.0 Å². The Bertz CT molecular complexity index is 751. The lowest BCUT2D eigenvalue weighted by Crippen LogP contribution is -2.32. The molecule has 0 spiro atoms. The van der Waals surface area contributed by atoms with Crippen molar-refractivity contribution in [3.05, 3.63) is 35.9 Å². The molecule has 1 aliphatic rings. The molecule has 140 valence electrons. The molecule has 3 rings (SSSR count). The average molecular weight is 357 g/mol. The van der Waals surface area contributed by atoms with E-state index in [4.69, 9.17) is 19.9 Å². The van der Waals surface area contributed by atoms with E-state index in [0.29, 0.717) is 11.9 Å². The first-order chi connectivity index (χ1) is 12.7. The summed E-state index contributed by atoms with van der Waals surface area (Å²) in [5.41, 5.74) is 8.58. The largest absolute Gasteiger partial charge is 0.496 e. The van der Waals surface area contributed by atoms with Crippen molar-refractivity contribution in [2.75, 3.05) is 40.2 Å². The zero-order chi connectivity index (χ0) is 18.5. The van der Waals surface area contributed by atoms with Gasteiger partial charge >= 0.3 is 0 Å². The van der Waals surface area contributed by atoms with Crippen molar-refractivity contribution >= 4 is 5.82 Å². The maximum absolute atomic E-state index is 5.84. The Labute approximate surface area is 154 Å². The van der Waals surface area contributed by atoms with Gasteiger partial charge in [0.15, 0.2) is 0 Å². The number of hydrogen-bond donors (Lipinski definition) is 1. The molecule has 2 aromatic rings. The second kappa shape index (κ2) is 8.38. The molecule has 2 N–H and O–H groups in total. The standard InChI is InChI=1S/C20H27N3O3/c1-24-13-15-6-5-9-23(15)12-14-10-19(26-3)16(11-18(14)25-2)17-7-4-8-20(21)22-17/h4,7-8,10-11,15H,5-6,9,12-13H2,1-3H3,(H2,21,22). The molecule has 6 heteroatoms. The number of pyridine rings is 1. The van der Waals surface area contributed by atoms with E-state index >= 15 is 0 Å². The predicted octanol–water partition coefficient (Wildman–Crippen LogP) is 2.96. The van der Waals surface area contributed by atoms with E-state index in [-0.39, 0.29) is 0 Å². The summed E-state index contributed by atoms with van der Waals surface area (Å²) in [6, 6.07) is 10.1. The van der Waals surface area contributed by atoms with Crippen LogP contribution in [0.25, 0.3) is 11.3 Å². The molecular weight excluding hydrogens is 330 g/mol. The minimum atomic E-state index is 0.450. The van der Waals surface area contributed by atoms with Crippen molar-refractivity contribution in [1.82, 2.24) is 9.88 Å². The molecule has 1 fully saturated rings. The van der Waals surface area contributed by atoms with Crippen LogP contribution < -0.4 is 15.2 Å². The predicted molar refractivity (Wildman–Crippen MR) is 102 cm³/mol. The molecule has 1 atom stereocenters. The molecule has 1 aromatic heterocycles. The number of nitrogens with zero attached hydrogens (tertiary/aromatic N) is 2. The van der Waals surface area contributed by atoms with Gasteiger partial charge in [-0.3, -0.25) is 4.90 Å². The van der Waals surface area contributed by atoms with Crippen LogP contribution in [0.5, 0.6) is 11.5 Å². The molecule has 0 amide bonds. The minimum absolute atomic E-state index is 0.450. The molecule has 0 aliphatic carbocycles. The summed E-state index contributed by atoms with van der Waals surface area (Å²) in [6.45, 7) is 2.63. The lowest BCUT2D eigenvalue weighted by molar-refractivity contribution is 0.111. The van der Waals surface area contributed by atoms with E-state index in [1.165, 1.54) is 12.8 Å². The minimum Gasteiger partial charge on any atom is -0.496 e. The third-order valence-electron chi connectivity index (χ3n) is 4.88. The monoisotopic (exact) mass is 357 g/mol. The van der Waals surface area contributed by atoms with Crippen molar-refractivity contribution in [3.8, 4) is 22.8 Å². The first-order valence-electron chi connectivity index (χ1n) is 8.87. The third kappa shape index (κ3) is 3.92. The molecule has 1 aromatic carbocycles. The molecule has 0 radical (unpaired) electrons. The summed E-state index contributed by atoms with van der Waals surface area (Å²) in [5.74, 6) is 2.07. The highest BCUT2D eigenvalue weighted by atomic mass is 16.5. The molecule has 6 nitrogen and oxygen atoms in total. The summed E-state index contributed by atoms with van der Waals surface area (Å²) in [6.07, 6.45) is 2.36. The number of aromatic nitrogens is 1. The Morgan fingerprint density at radius 1 is 1.15 bits per heavy atom. The Morgan fingerprint density at radius 3 is 2.65 bits per heavy atom. The number of benzene rings is 1. The van der Waals surface area contributed by atoms with E-state index in [1.807, 2.05) is 24.3 Å². The lowest BCUT2D eigenvalue weighted by Gasteiger charge is -2.25. The van der Waals surface area contributed by atoms with Crippen molar-refractivity contribution in [3.63, 3.8) is 0 Å². The van der Waals surface area contributed by atoms with Crippen LogP contribution in [-0.2, 0) is 11.3 Å². The fourth-order valence-electron chi connectivity index (χ4n) is 3.59. The average Bonchev–Trinajstić information content (AvgIpc) is 3.08. The summed E-state index contributed by atoms with van der Waals surface area (Å²) in [5, 5.41) is 0. The number of anilines is 1. The van der Waals surface area contributed by atoms with Gasteiger partial charge in [-0.25, -0.2) is 4.98 Å². The number of nitrogens with two attached hydrogens (primary N) is 1. The highest BCUT2D eigenvalue weighted by Crippen LogP contribution is 2.37. The van der Waals surface area contributed by atoms with Crippen molar-refractivity contribution in [2.24, 2.45) is 0 Å². The van der Waals surface area contributed by atoms with Crippen molar-refractivity contribution < 1.29 is 14.2 Å². The molecule has 26 heavy (non-hydrogen) atoms. The van der Waals surface area contributed by atoms with Gasteiger partial charge in [-0.1, -0.05) is 6.07 Å². The molecule has 1 saturated heterocycles. The van der Waals surface area contributed by atoms with Crippen LogP contribution in [0.2, 0.25) is 0 Å². The molecule has 1 unspecified atom stereocenters. The van der Waals surface area contributed by atoms with Gasteiger partial charge in [-0.15, -0.1) is 0 Å². The maximum atomic E-state index is 5.84. The first-order valence-corrected chi connectivity index (χ1v) is 8.87. The van der Waals surface area contributed by atoms with E-state index in [2.05, 4.69) is 9.88 Å². The van der Waals surface area contributed by atoms with Gasteiger partial charge in [0.05, 0.1) is 26.5 Å². The van der Waals surface area contributed by atoms with Crippen LogP contribution in [-0.4, -0.2) is 50.4 Å². The topological polar surface area (TPSA) is 69.8 Å². The Balaban J connectivity index is 1.94. The van der Waals surface area contributed by atoms with Crippen LogP contribution in [0.4, 0.5) is 5.82 Å². The third-order valence-corrected chi connectivity index (χ3v) is 4.88. The summed E-state index contributed by atoms with van der Waals surface area (Å²) in [7, 11) is 5.12. The highest BCUT2D eigenvalue weighted by Gasteiger charge is 2.26. The number of ether oxygens (including phenoxy) is 3. The SMILES string of the molecule is COCC1CCCN1Cc1cc(OC)c(-c2cccc(N)n2)cc1OC. The second-order valence-corrected chi connectivity index (χ2v) is 6.53. The zero-order valence-electron chi connectivity index (χ0n) is 15.7. The number of likely N-dealkylation sites (tertiary alicyclic amines) is 1. The van der Waals surface area contributed by atoms with Gasteiger partial charge in [0, 0.05) is 30.8 Å². The van der Waals surface area contributed by atoms with Gasteiger partial charge in [0.25, 0.3) is 0 Å². The molecular formula is C20H27N3O3. The van der Waals surface area contributed by atoms with E-state index < -0.39 is 0 Å². The summed E-state index contributed by atoms with van der Waals surface area (Å²) in [4.78, 5) is 6.86. The van der Waals surface area contributed by atoms with Crippen LogP contribution in [0.15, 0.2) is 30.3 Å². The molecule has 0 saturated carbocycles. The maximum Gasteiger partial charge on any atom is 0.128 e. The van der Waals surface area contributed by atoms with Gasteiger partial charge in [-0.2, -0.15) is 0 Å². The fraction of sp³-hybridized carbons (Fsp3) is 0.450. The molecule has 2 heterocycles. The number of rotatable bonds is 7. The van der Waals surface area contributed by atoms with Gasteiger partial charge < -0.3 is 19.9 Å². The Morgan fingerprint density at radius 2 is 1.96 bits per heavy atom. The van der Waals surface area contributed by atoms with Crippen LogP contribution >= 0.6 is 0 Å². The fourth-order valence-corrected chi connectivity index (χ4v) is 3.59. The quantitative estimate of drug-likeness (QED) is 0.822. The van der Waals surface area contributed by atoms with Gasteiger partial charge in [0.2, 0.25) is 0 Å². The van der Waals surface area contributed by atoms with Crippen LogP contribution in [0, 0.1) is 0 Å². The van der Waals surface area contributed by atoms with Crippen molar-refractivity contribution in [1.29, 1.82) is 0 Å². The van der Waals surface area contributed by atoms with Crippen LogP contribution in [0.3, 0.4) is 0 Å². The Hall–Kier alpha value is -2.31. The smallest absolute Gasteiger partial charge is 0.128 e. The zero-order valence-corrected chi connectivity index (χ0v) is 15.7. The van der Waals surface area contributed by atoms with E-state index in [9.17, 15) is 0 Å². The Kier molecular flexibility index (Phi) is 5.96. The summed E-state index contributed by atoms with van der Waals surface area (Å²) >= 11 is 0. The molecule has 0 bridgehead atoms. The highest BCUT2D eigenvalue weighted by molar-refractivity contribution is 5.71. The normalized spacial score (nSPS) is 17.4.